The Hall–Kier alpha value is -2.21. The van der Waals surface area contributed by atoms with Crippen LogP contribution in [0.1, 0.15) is 19.5 Å². The van der Waals surface area contributed by atoms with Gasteiger partial charge in [-0.3, -0.25) is 10.4 Å². The fourth-order valence-corrected chi connectivity index (χ4v) is 2.37. The summed E-state index contributed by atoms with van der Waals surface area (Å²) >= 11 is 4.72. The molecule has 0 aliphatic rings. The monoisotopic (exact) mass is 301 g/mol. The second-order valence-corrected chi connectivity index (χ2v) is 4.91. The van der Waals surface area contributed by atoms with Crippen molar-refractivity contribution in [2.45, 2.75) is 13.8 Å². The summed E-state index contributed by atoms with van der Waals surface area (Å²) in [4.78, 5) is 6.68. The van der Waals surface area contributed by atoms with Crippen LogP contribution in [0.15, 0.2) is 35.6 Å². The molecule has 0 unspecified atom stereocenters. The number of benzene rings is 1. The molecule has 0 saturated carbocycles. The van der Waals surface area contributed by atoms with Gasteiger partial charge in [0, 0.05) is 35.7 Å². The van der Waals surface area contributed by atoms with Crippen LogP contribution in [0, 0.1) is 0 Å². The number of rotatable bonds is 5. The lowest BCUT2D eigenvalue weighted by atomic mass is 10.1. The van der Waals surface area contributed by atoms with Gasteiger partial charge in [-0.2, -0.15) is 5.10 Å². The molecule has 0 saturated heterocycles. The normalized spacial score (nSPS) is 11.0. The van der Waals surface area contributed by atoms with Gasteiger partial charge in [-0.25, -0.2) is 0 Å². The molecule has 0 bridgehead atoms. The lowest BCUT2D eigenvalue weighted by Crippen LogP contribution is -2.24. The van der Waals surface area contributed by atoms with Crippen molar-refractivity contribution >= 4 is 40.0 Å². The van der Waals surface area contributed by atoms with E-state index in [0.29, 0.717) is 0 Å². The van der Waals surface area contributed by atoms with E-state index in [9.17, 15) is 0 Å². The molecule has 110 valence electrons. The molecular formula is C15H19N5S. The zero-order chi connectivity index (χ0) is 15.2. The van der Waals surface area contributed by atoms with Crippen LogP contribution >= 0.6 is 12.2 Å². The van der Waals surface area contributed by atoms with Crippen molar-refractivity contribution in [3.63, 3.8) is 0 Å². The van der Waals surface area contributed by atoms with Gasteiger partial charge in [-0.05, 0) is 38.2 Å². The Morgan fingerprint density at radius 1 is 1.33 bits per heavy atom. The predicted molar refractivity (Wildman–Crippen MR) is 92.8 cm³/mol. The van der Waals surface area contributed by atoms with Gasteiger partial charge < -0.3 is 10.6 Å². The quantitative estimate of drug-likeness (QED) is 0.504. The highest BCUT2D eigenvalue weighted by Gasteiger charge is 2.08. The molecule has 0 atom stereocenters. The molecule has 2 rings (SSSR count). The summed E-state index contributed by atoms with van der Waals surface area (Å²) in [6.45, 7) is 6.23. The van der Waals surface area contributed by atoms with E-state index in [0.717, 1.165) is 29.6 Å². The number of hydrogen-bond donors (Lipinski definition) is 2. The van der Waals surface area contributed by atoms with Crippen LogP contribution < -0.4 is 16.1 Å². The largest absolute Gasteiger partial charge is 0.375 e. The number of fused-ring (bicyclic) bond motifs is 1. The highest BCUT2D eigenvalue weighted by atomic mass is 32.1. The van der Waals surface area contributed by atoms with Crippen molar-refractivity contribution in [3.05, 3.63) is 36.2 Å². The zero-order valence-corrected chi connectivity index (χ0v) is 13.0. The lowest BCUT2D eigenvalue weighted by molar-refractivity contribution is 0.870. The van der Waals surface area contributed by atoms with Crippen molar-refractivity contribution < 1.29 is 0 Å². The molecule has 1 heterocycles. The molecule has 5 nitrogen and oxygen atoms in total. The first-order chi connectivity index (χ1) is 10.2. The van der Waals surface area contributed by atoms with E-state index in [2.05, 4.69) is 40.3 Å². The van der Waals surface area contributed by atoms with E-state index in [1.54, 1.807) is 12.4 Å². The number of anilines is 1. The first-order valence-electron chi connectivity index (χ1n) is 6.88. The Morgan fingerprint density at radius 2 is 2.10 bits per heavy atom. The molecule has 21 heavy (non-hydrogen) atoms. The smallest absolute Gasteiger partial charge is 0.184 e. The van der Waals surface area contributed by atoms with Crippen molar-refractivity contribution in [1.82, 2.24) is 10.4 Å². The van der Waals surface area contributed by atoms with Crippen LogP contribution in [-0.2, 0) is 0 Å². The first-order valence-corrected chi connectivity index (χ1v) is 7.29. The van der Waals surface area contributed by atoms with Crippen molar-refractivity contribution in [1.29, 1.82) is 0 Å². The molecular weight excluding hydrogens is 282 g/mol. The van der Waals surface area contributed by atoms with E-state index < -0.39 is 0 Å². The summed E-state index contributed by atoms with van der Waals surface area (Å²) in [5.74, 6) is 0. The predicted octanol–water partition coefficient (Wildman–Crippen LogP) is 2.25. The van der Waals surface area contributed by atoms with E-state index in [-0.39, 0.29) is 5.11 Å². The third-order valence-corrected chi connectivity index (χ3v) is 3.37. The maximum atomic E-state index is 5.35. The van der Waals surface area contributed by atoms with Gasteiger partial charge in [0.1, 0.15) is 0 Å². The number of hydrogen-bond acceptors (Lipinski definition) is 4. The Bertz CT molecular complexity index is 664. The van der Waals surface area contributed by atoms with Crippen molar-refractivity contribution in [2.75, 3.05) is 18.0 Å². The van der Waals surface area contributed by atoms with Crippen LogP contribution in [0.2, 0.25) is 0 Å². The second-order valence-electron chi connectivity index (χ2n) is 4.47. The molecule has 0 amide bonds. The van der Waals surface area contributed by atoms with Crippen LogP contribution in [-0.4, -0.2) is 29.4 Å². The van der Waals surface area contributed by atoms with Gasteiger partial charge in [-0.15, -0.1) is 0 Å². The molecule has 1 aromatic carbocycles. The molecule has 0 aliphatic heterocycles. The minimum Gasteiger partial charge on any atom is -0.375 e. The fraction of sp³-hybridized carbons (Fsp3) is 0.267. The van der Waals surface area contributed by atoms with Crippen LogP contribution in [0.4, 0.5) is 5.69 Å². The summed E-state index contributed by atoms with van der Waals surface area (Å²) in [5.41, 5.74) is 9.88. The van der Waals surface area contributed by atoms with Crippen LogP contribution in [0.25, 0.3) is 10.8 Å². The van der Waals surface area contributed by atoms with Gasteiger partial charge >= 0.3 is 0 Å². The number of aromatic nitrogens is 1. The molecule has 0 radical (unpaired) electrons. The van der Waals surface area contributed by atoms with Gasteiger partial charge in [0.15, 0.2) is 5.11 Å². The summed E-state index contributed by atoms with van der Waals surface area (Å²) in [5, 5.41) is 6.33. The first kappa shape index (κ1) is 15.2. The fourth-order valence-electron chi connectivity index (χ4n) is 2.31. The minimum absolute atomic E-state index is 0.135. The molecule has 3 N–H and O–H groups in total. The lowest BCUT2D eigenvalue weighted by Gasteiger charge is -2.23. The summed E-state index contributed by atoms with van der Waals surface area (Å²) in [6.07, 6.45) is 3.42. The molecule has 6 heteroatoms. The third kappa shape index (κ3) is 3.46. The van der Waals surface area contributed by atoms with E-state index in [4.69, 9.17) is 18.0 Å². The zero-order valence-electron chi connectivity index (χ0n) is 12.2. The van der Waals surface area contributed by atoms with E-state index >= 15 is 0 Å². The van der Waals surface area contributed by atoms with Crippen LogP contribution in [0.3, 0.4) is 0 Å². The summed E-state index contributed by atoms with van der Waals surface area (Å²) in [6, 6.07) is 8.23. The summed E-state index contributed by atoms with van der Waals surface area (Å²) in [7, 11) is 0. The highest BCUT2D eigenvalue weighted by molar-refractivity contribution is 7.80. The Labute approximate surface area is 129 Å². The number of hydrazone groups is 1. The van der Waals surface area contributed by atoms with E-state index in [1.165, 1.54) is 5.69 Å². The minimum atomic E-state index is 0.135. The number of nitrogens with two attached hydrogens (primary N) is 1. The average molecular weight is 301 g/mol. The number of pyridine rings is 1. The Balaban J connectivity index is 2.48. The Morgan fingerprint density at radius 3 is 2.76 bits per heavy atom. The van der Waals surface area contributed by atoms with E-state index in [1.807, 2.05) is 18.2 Å². The SMILES string of the molecule is CCN(CC)c1cccc2c(/C=N\NC(N)=S)nccc12. The third-order valence-electron chi connectivity index (χ3n) is 3.28. The molecule has 0 aliphatic carbocycles. The second kappa shape index (κ2) is 6.99. The maximum absolute atomic E-state index is 5.35. The van der Waals surface area contributed by atoms with Gasteiger partial charge in [0.25, 0.3) is 0 Å². The van der Waals surface area contributed by atoms with Crippen molar-refractivity contribution in [2.24, 2.45) is 10.8 Å². The topological polar surface area (TPSA) is 66.5 Å². The molecule has 2 aromatic rings. The van der Waals surface area contributed by atoms with Gasteiger partial charge in [-0.1, -0.05) is 12.1 Å². The van der Waals surface area contributed by atoms with Crippen LogP contribution in [0.5, 0.6) is 0 Å². The van der Waals surface area contributed by atoms with Gasteiger partial charge in [0.05, 0.1) is 11.9 Å². The molecule has 0 fully saturated rings. The maximum Gasteiger partial charge on any atom is 0.184 e. The highest BCUT2D eigenvalue weighted by Crippen LogP contribution is 2.27. The van der Waals surface area contributed by atoms with Crippen molar-refractivity contribution in [3.8, 4) is 0 Å². The number of nitrogens with zero attached hydrogens (tertiary/aromatic N) is 3. The molecule has 0 spiro atoms. The standard InChI is InChI=1S/C15H19N5S/c1-3-20(4-2)14-7-5-6-11-12(14)8-9-17-13(11)10-18-19-15(16)21/h5-10H,3-4H2,1-2H3,(H3,16,19,21)/b18-10-. The molecule has 1 aromatic heterocycles. The Kier molecular flexibility index (Phi) is 5.05. The average Bonchev–Trinajstić information content (AvgIpc) is 2.48. The number of nitrogens with one attached hydrogen (secondary N) is 1. The summed E-state index contributed by atoms with van der Waals surface area (Å²) < 4.78 is 0. The number of thiocarbonyl (C=S) groups is 1. The van der Waals surface area contributed by atoms with Gasteiger partial charge in [0.2, 0.25) is 0 Å².